The Morgan fingerprint density at radius 1 is 1.22 bits per heavy atom. The van der Waals surface area contributed by atoms with E-state index in [0.29, 0.717) is 16.4 Å². The van der Waals surface area contributed by atoms with Crippen molar-refractivity contribution in [1.29, 1.82) is 0 Å². The van der Waals surface area contributed by atoms with E-state index in [4.69, 9.17) is 11.6 Å². The normalized spacial score (nSPS) is 11.1. The van der Waals surface area contributed by atoms with Crippen molar-refractivity contribution in [2.75, 3.05) is 0 Å². The number of fused-ring (bicyclic) bond motifs is 1. The van der Waals surface area contributed by atoms with Crippen LogP contribution in [0, 0.1) is 12.7 Å². The maximum Gasteiger partial charge on any atom is 0.162 e. The number of hydrogen-bond donors (Lipinski definition) is 0. The SMILES string of the molecule is Cc1ccc(F)c2nc(-c3ccsc3)nc(Cl)c12. The molecule has 90 valence electrons. The molecule has 0 amide bonds. The predicted octanol–water partition coefficient (Wildman–Crippen LogP) is 4.46. The summed E-state index contributed by atoms with van der Waals surface area (Å²) < 4.78 is 13.8. The third kappa shape index (κ3) is 1.78. The molecule has 2 heterocycles. The second-order valence-electron chi connectivity index (χ2n) is 3.94. The average molecular weight is 279 g/mol. The van der Waals surface area contributed by atoms with Gasteiger partial charge in [0.1, 0.15) is 16.5 Å². The molecule has 3 aromatic rings. The molecule has 0 aliphatic heterocycles. The summed E-state index contributed by atoms with van der Waals surface area (Å²) in [6, 6.07) is 4.96. The van der Waals surface area contributed by atoms with E-state index in [9.17, 15) is 4.39 Å². The quantitative estimate of drug-likeness (QED) is 0.614. The molecule has 0 saturated heterocycles. The van der Waals surface area contributed by atoms with Crippen LogP contribution in [0.3, 0.4) is 0 Å². The van der Waals surface area contributed by atoms with Gasteiger partial charge in [-0.25, -0.2) is 14.4 Å². The molecule has 5 heteroatoms. The fourth-order valence-electron chi connectivity index (χ4n) is 1.84. The van der Waals surface area contributed by atoms with Crippen molar-refractivity contribution >= 4 is 33.8 Å². The van der Waals surface area contributed by atoms with Gasteiger partial charge in [0.05, 0.1) is 0 Å². The molecule has 0 fully saturated rings. The first-order valence-electron chi connectivity index (χ1n) is 5.32. The van der Waals surface area contributed by atoms with Gasteiger partial charge in [-0.2, -0.15) is 11.3 Å². The summed E-state index contributed by atoms with van der Waals surface area (Å²) in [5.74, 6) is 0.0784. The largest absolute Gasteiger partial charge is 0.225 e. The molecule has 0 aliphatic carbocycles. The number of halogens is 2. The smallest absolute Gasteiger partial charge is 0.162 e. The van der Waals surface area contributed by atoms with Crippen molar-refractivity contribution in [3.8, 4) is 11.4 Å². The monoisotopic (exact) mass is 278 g/mol. The zero-order valence-electron chi connectivity index (χ0n) is 9.45. The first-order valence-corrected chi connectivity index (χ1v) is 6.64. The van der Waals surface area contributed by atoms with Crippen molar-refractivity contribution in [1.82, 2.24) is 9.97 Å². The van der Waals surface area contributed by atoms with Crippen molar-refractivity contribution in [3.05, 3.63) is 45.5 Å². The number of thiophene rings is 1. The molecular weight excluding hydrogens is 271 g/mol. The molecule has 0 N–H and O–H groups in total. The minimum Gasteiger partial charge on any atom is -0.225 e. The number of rotatable bonds is 1. The van der Waals surface area contributed by atoms with E-state index >= 15 is 0 Å². The Labute approximate surface area is 112 Å². The summed E-state index contributed by atoms with van der Waals surface area (Å²) in [4.78, 5) is 8.52. The molecule has 2 aromatic heterocycles. The van der Waals surface area contributed by atoms with E-state index in [1.807, 2.05) is 23.8 Å². The van der Waals surface area contributed by atoms with E-state index in [-0.39, 0.29) is 11.3 Å². The van der Waals surface area contributed by atoms with Crippen molar-refractivity contribution < 1.29 is 4.39 Å². The summed E-state index contributed by atoms with van der Waals surface area (Å²) in [5.41, 5.74) is 1.99. The Balaban J connectivity index is 2.37. The predicted molar refractivity (Wildman–Crippen MR) is 72.6 cm³/mol. The van der Waals surface area contributed by atoms with Crippen molar-refractivity contribution in [2.24, 2.45) is 0 Å². The van der Waals surface area contributed by atoms with Crippen LogP contribution in [0.4, 0.5) is 4.39 Å². The van der Waals surface area contributed by atoms with Gasteiger partial charge in [0.15, 0.2) is 5.82 Å². The van der Waals surface area contributed by atoms with Gasteiger partial charge < -0.3 is 0 Å². The first kappa shape index (κ1) is 11.6. The zero-order valence-corrected chi connectivity index (χ0v) is 11.0. The van der Waals surface area contributed by atoms with Crippen LogP contribution in [0.1, 0.15) is 5.56 Å². The van der Waals surface area contributed by atoms with Crippen LogP contribution in [0.2, 0.25) is 5.15 Å². The topological polar surface area (TPSA) is 25.8 Å². The summed E-state index contributed by atoms with van der Waals surface area (Å²) in [6.45, 7) is 1.86. The lowest BCUT2D eigenvalue weighted by Gasteiger charge is -2.06. The standard InChI is InChI=1S/C13H8ClFN2S/c1-7-2-3-9(15)11-10(7)12(14)17-13(16-11)8-4-5-18-6-8/h2-6H,1H3. The van der Waals surface area contributed by atoms with Crippen LogP contribution in [0.5, 0.6) is 0 Å². The molecule has 18 heavy (non-hydrogen) atoms. The summed E-state index contributed by atoms with van der Waals surface area (Å²) in [5, 5.41) is 4.70. The molecular formula is C13H8ClFN2S. The number of aromatic nitrogens is 2. The van der Waals surface area contributed by atoms with E-state index < -0.39 is 0 Å². The van der Waals surface area contributed by atoms with E-state index in [1.54, 1.807) is 6.07 Å². The second-order valence-corrected chi connectivity index (χ2v) is 5.08. The number of nitrogens with zero attached hydrogens (tertiary/aromatic N) is 2. The highest BCUT2D eigenvalue weighted by molar-refractivity contribution is 7.08. The average Bonchev–Trinajstić information content (AvgIpc) is 2.87. The van der Waals surface area contributed by atoms with Gasteiger partial charge in [-0.1, -0.05) is 17.7 Å². The minimum absolute atomic E-state index is 0.274. The van der Waals surface area contributed by atoms with E-state index in [1.165, 1.54) is 17.4 Å². The number of benzene rings is 1. The van der Waals surface area contributed by atoms with Crippen molar-refractivity contribution in [2.45, 2.75) is 6.92 Å². The lowest BCUT2D eigenvalue weighted by atomic mass is 10.1. The minimum atomic E-state index is -0.378. The third-order valence-corrected chi connectivity index (χ3v) is 3.70. The van der Waals surface area contributed by atoms with Gasteiger partial charge in [-0.15, -0.1) is 0 Å². The van der Waals surface area contributed by atoms with Crippen LogP contribution in [-0.2, 0) is 0 Å². The summed E-state index contributed by atoms with van der Waals surface area (Å²) in [6.07, 6.45) is 0. The lowest BCUT2D eigenvalue weighted by molar-refractivity contribution is 0.636. The lowest BCUT2D eigenvalue weighted by Crippen LogP contribution is -1.95. The maximum absolute atomic E-state index is 13.8. The molecule has 0 spiro atoms. The first-order chi connectivity index (χ1) is 8.66. The highest BCUT2D eigenvalue weighted by atomic mass is 35.5. The Bertz CT molecular complexity index is 725. The molecule has 2 nitrogen and oxygen atoms in total. The number of hydrogen-bond acceptors (Lipinski definition) is 3. The van der Waals surface area contributed by atoms with Crippen LogP contribution in [0.15, 0.2) is 29.0 Å². The Morgan fingerprint density at radius 3 is 2.78 bits per heavy atom. The van der Waals surface area contributed by atoms with Crippen LogP contribution >= 0.6 is 22.9 Å². The van der Waals surface area contributed by atoms with Gasteiger partial charge in [-0.3, -0.25) is 0 Å². The van der Waals surface area contributed by atoms with Gasteiger partial charge in [0, 0.05) is 16.3 Å². The van der Waals surface area contributed by atoms with Crippen molar-refractivity contribution in [3.63, 3.8) is 0 Å². The van der Waals surface area contributed by atoms with E-state index in [0.717, 1.165) is 11.1 Å². The molecule has 0 radical (unpaired) electrons. The zero-order chi connectivity index (χ0) is 12.7. The summed E-state index contributed by atoms with van der Waals surface area (Å²) in [7, 11) is 0. The van der Waals surface area contributed by atoms with Gasteiger partial charge in [0.2, 0.25) is 0 Å². The van der Waals surface area contributed by atoms with Crippen LogP contribution < -0.4 is 0 Å². The van der Waals surface area contributed by atoms with Gasteiger partial charge >= 0.3 is 0 Å². The molecule has 0 bridgehead atoms. The summed E-state index contributed by atoms with van der Waals surface area (Å²) >= 11 is 7.68. The van der Waals surface area contributed by atoms with Crippen LogP contribution in [-0.4, -0.2) is 9.97 Å². The van der Waals surface area contributed by atoms with E-state index in [2.05, 4.69) is 9.97 Å². The third-order valence-electron chi connectivity index (χ3n) is 2.74. The molecule has 3 rings (SSSR count). The molecule has 1 aromatic carbocycles. The Kier molecular flexibility index (Phi) is 2.76. The van der Waals surface area contributed by atoms with Gasteiger partial charge in [0.25, 0.3) is 0 Å². The molecule has 0 atom stereocenters. The van der Waals surface area contributed by atoms with Gasteiger partial charge in [-0.05, 0) is 30.0 Å². The molecule has 0 aliphatic rings. The highest BCUT2D eigenvalue weighted by Gasteiger charge is 2.13. The molecule has 0 saturated carbocycles. The fraction of sp³-hybridized carbons (Fsp3) is 0.0769. The molecule has 0 unspecified atom stereocenters. The highest BCUT2D eigenvalue weighted by Crippen LogP contribution is 2.29. The van der Waals surface area contributed by atoms with Crippen LogP contribution in [0.25, 0.3) is 22.3 Å². The second kappa shape index (κ2) is 4.30. The Morgan fingerprint density at radius 2 is 2.06 bits per heavy atom. The number of aryl methyl sites for hydroxylation is 1. The Hall–Kier alpha value is -1.52. The maximum atomic E-state index is 13.8. The fourth-order valence-corrected chi connectivity index (χ4v) is 2.79.